The van der Waals surface area contributed by atoms with Crippen molar-refractivity contribution in [2.45, 2.75) is 6.54 Å². The van der Waals surface area contributed by atoms with Crippen LogP contribution in [-0.4, -0.2) is 28.0 Å². The molecule has 0 bridgehead atoms. The van der Waals surface area contributed by atoms with Crippen LogP contribution in [-0.2, 0) is 6.54 Å². The Kier molecular flexibility index (Phi) is 4.88. The van der Waals surface area contributed by atoms with Crippen molar-refractivity contribution >= 4 is 29.2 Å². The Morgan fingerprint density at radius 1 is 1.20 bits per heavy atom. The summed E-state index contributed by atoms with van der Waals surface area (Å²) in [5.41, 5.74) is 1.27. The number of hydrogen-bond acceptors (Lipinski definition) is 2. The molecular formula is C10H11Cl2NO2. The van der Waals surface area contributed by atoms with Gasteiger partial charge in [0.2, 0.25) is 0 Å². The Balaban J connectivity index is 2.67. The van der Waals surface area contributed by atoms with Crippen molar-refractivity contribution in [1.82, 2.24) is 4.90 Å². The summed E-state index contributed by atoms with van der Waals surface area (Å²) in [7, 11) is 0. The van der Waals surface area contributed by atoms with Gasteiger partial charge in [0.05, 0.1) is 17.6 Å². The third-order valence-electron chi connectivity index (χ3n) is 1.95. The number of rotatable bonds is 5. The lowest BCUT2D eigenvalue weighted by molar-refractivity contribution is 0.0697. The lowest BCUT2D eigenvalue weighted by Crippen LogP contribution is -2.19. The van der Waals surface area contributed by atoms with Crippen LogP contribution in [0.15, 0.2) is 24.3 Å². The van der Waals surface area contributed by atoms with Crippen LogP contribution in [0.25, 0.3) is 0 Å². The van der Waals surface area contributed by atoms with Gasteiger partial charge in [-0.05, 0) is 17.7 Å². The Hall–Kier alpha value is -0.770. The number of carboxylic acid groups (broad SMARTS) is 1. The second-order valence-electron chi connectivity index (χ2n) is 3.07. The van der Waals surface area contributed by atoms with Crippen LogP contribution in [0.2, 0.25) is 0 Å². The predicted octanol–water partition coefficient (Wildman–Crippen LogP) is 2.58. The average Bonchev–Trinajstić information content (AvgIpc) is 2.26. The number of nitrogens with zero attached hydrogens (tertiary/aromatic N) is 1. The van der Waals surface area contributed by atoms with Gasteiger partial charge in [0.1, 0.15) is 0 Å². The number of alkyl halides is 2. The van der Waals surface area contributed by atoms with Crippen LogP contribution in [0.4, 0.5) is 0 Å². The molecule has 1 aromatic carbocycles. The molecule has 1 N–H and O–H groups in total. The standard InChI is InChI=1S/C10H11Cl2NO2/c11-6-13(7-12)5-8-1-3-9(4-2-8)10(14)15/h1-4H,5-7H2,(H,14,15). The van der Waals surface area contributed by atoms with E-state index >= 15 is 0 Å². The summed E-state index contributed by atoms with van der Waals surface area (Å²) >= 11 is 11.3. The predicted molar refractivity (Wildman–Crippen MR) is 60.4 cm³/mol. The van der Waals surface area contributed by atoms with Crippen LogP contribution >= 0.6 is 23.2 Å². The van der Waals surface area contributed by atoms with E-state index in [1.165, 1.54) is 0 Å². The molecule has 0 aliphatic rings. The number of hydrogen-bond donors (Lipinski definition) is 1. The summed E-state index contributed by atoms with van der Waals surface area (Å²) in [5.74, 6) is -0.923. The van der Waals surface area contributed by atoms with Gasteiger partial charge in [-0.15, -0.1) is 23.2 Å². The number of aromatic carboxylic acids is 1. The van der Waals surface area contributed by atoms with Crippen molar-refractivity contribution in [3.63, 3.8) is 0 Å². The first-order valence-corrected chi connectivity index (χ1v) is 5.40. The maximum atomic E-state index is 10.6. The number of benzene rings is 1. The number of carboxylic acids is 1. The SMILES string of the molecule is O=C(O)c1ccc(CN(CCl)CCl)cc1. The summed E-state index contributed by atoms with van der Waals surface area (Å²) in [6.45, 7) is 0.618. The van der Waals surface area contributed by atoms with Crippen molar-refractivity contribution in [1.29, 1.82) is 0 Å². The van der Waals surface area contributed by atoms with Gasteiger partial charge < -0.3 is 5.11 Å². The van der Waals surface area contributed by atoms with Gasteiger partial charge in [-0.3, -0.25) is 4.90 Å². The Morgan fingerprint density at radius 3 is 2.13 bits per heavy atom. The molecule has 0 saturated heterocycles. The molecule has 82 valence electrons. The van der Waals surface area contributed by atoms with Gasteiger partial charge in [0.25, 0.3) is 0 Å². The van der Waals surface area contributed by atoms with Crippen molar-refractivity contribution in [3.05, 3.63) is 35.4 Å². The third-order valence-corrected chi connectivity index (χ3v) is 2.62. The molecule has 0 amide bonds. The molecule has 1 aromatic rings. The molecule has 3 nitrogen and oxygen atoms in total. The van der Waals surface area contributed by atoms with E-state index in [0.29, 0.717) is 18.6 Å². The van der Waals surface area contributed by atoms with Crippen molar-refractivity contribution in [2.75, 3.05) is 12.0 Å². The lowest BCUT2D eigenvalue weighted by Gasteiger charge is -2.15. The van der Waals surface area contributed by atoms with E-state index in [1.807, 2.05) is 4.90 Å². The minimum Gasteiger partial charge on any atom is -0.478 e. The van der Waals surface area contributed by atoms with Gasteiger partial charge in [-0.2, -0.15) is 0 Å². The fourth-order valence-electron chi connectivity index (χ4n) is 1.13. The quantitative estimate of drug-likeness (QED) is 0.643. The molecular weight excluding hydrogens is 237 g/mol. The highest BCUT2D eigenvalue weighted by atomic mass is 35.5. The second-order valence-corrected chi connectivity index (χ2v) is 3.55. The Bertz CT molecular complexity index is 323. The largest absolute Gasteiger partial charge is 0.478 e. The molecule has 1 rings (SSSR count). The van der Waals surface area contributed by atoms with Crippen LogP contribution < -0.4 is 0 Å². The number of halogens is 2. The average molecular weight is 248 g/mol. The van der Waals surface area contributed by atoms with Crippen LogP contribution in [0.1, 0.15) is 15.9 Å². The molecule has 0 saturated carbocycles. The van der Waals surface area contributed by atoms with E-state index in [4.69, 9.17) is 28.3 Å². The number of carbonyl (C=O) groups is 1. The summed E-state index contributed by atoms with van der Waals surface area (Å²) in [6, 6.07) is 7.36. The third kappa shape index (κ3) is 3.70. The molecule has 0 atom stereocenters. The Morgan fingerprint density at radius 2 is 1.73 bits per heavy atom. The first-order valence-electron chi connectivity index (χ1n) is 4.34. The van der Waals surface area contributed by atoms with Crippen LogP contribution in [0, 0.1) is 0 Å². The minimum absolute atomic E-state index is 0.280. The zero-order valence-corrected chi connectivity index (χ0v) is 9.50. The van der Waals surface area contributed by atoms with E-state index in [-0.39, 0.29) is 5.56 Å². The smallest absolute Gasteiger partial charge is 0.335 e. The first kappa shape index (κ1) is 12.3. The maximum absolute atomic E-state index is 10.6. The van der Waals surface area contributed by atoms with E-state index in [0.717, 1.165) is 5.56 Å². The van der Waals surface area contributed by atoms with Crippen LogP contribution in [0.5, 0.6) is 0 Å². The molecule has 0 aliphatic carbocycles. The highest BCUT2D eigenvalue weighted by Gasteiger charge is 2.05. The van der Waals surface area contributed by atoms with Crippen molar-refractivity contribution in [2.24, 2.45) is 0 Å². The van der Waals surface area contributed by atoms with Gasteiger partial charge >= 0.3 is 5.97 Å². The highest BCUT2D eigenvalue weighted by Crippen LogP contribution is 2.08. The van der Waals surface area contributed by atoms with Gasteiger partial charge in [0, 0.05) is 6.54 Å². The molecule has 0 fully saturated rings. The summed E-state index contributed by atoms with van der Waals surface area (Å²) in [4.78, 5) is 12.4. The van der Waals surface area contributed by atoms with Crippen molar-refractivity contribution < 1.29 is 9.90 Å². The highest BCUT2D eigenvalue weighted by molar-refractivity contribution is 6.19. The maximum Gasteiger partial charge on any atom is 0.335 e. The monoisotopic (exact) mass is 247 g/mol. The van der Waals surface area contributed by atoms with Gasteiger partial charge in [-0.25, -0.2) is 4.79 Å². The molecule has 0 heterocycles. The molecule has 0 spiro atoms. The summed E-state index contributed by atoms with van der Waals surface area (Å²) in [5, 5.41) is 8.70. The zero-order valence-electron chi connectivity index (χ0n) is 7.99. The fourth-order valence-corrected chi connectivity index (χ4v) is 1.55. The zero-order chi connectivity index (χ0) is 11.3. The van der Waals surface area contributed by atoms with Crippen LogP contribution in [0.3, 0.4) is 0 Å². The molecule has 0 aromatic heterocycles. The summed E-state index contributed by atoms with van der Waals surface area (Å²) in [6.07, 6.45) is 0. The molecule has 0 aliphatic heterocycles. The normalized spacial score (nSPS) is 10.6. The van der Waals surface area contributed by atoms with E-state index in [2.05, 4.69) is 0 Å². The fraction of sp³-hybridized carbons (Fsp3) is 0.300. The summed E-state index contributed by atoms with van der Waals surface area (Å²) < 4.78 is 0. The second kappa shape index (κ2) is 5.95. The topological polar surface area (TPSA) is 40.5 Å². The molecule has 15 heavy (non-hydrogen) atoms. The minimum atomic E-state index is -0.923. The van der Waals surface area contributed by atoms with E-state index in [9.17, 15) is 4.79 Å². The lowest BCUT2D eigenvalue weighted by atomic mass is 10.1. The van der Waals surface area contributed by atoms with E-state index in [1.54, 1.807) is 24.3 Å². The molecule has 5 heteroatoms. The Labute approximate surface area is 98.2 Å². The first-order chi connectivity index (χ1) is 7.17. The van der Waals surface area contributed by atoms with Gasteiger partial charge in [0.15, 0.2) is 0 Å². The molecule has 0 radical (unpaired) electrons. The van der Waals surface area contributed by atoms with Gasteiger partial charge in [-0.1, -0.05) is 12.1 Å². The van der Waals surface area contributed by atoms with E-state index < -0.39 is 5.97 Å². The molecule has 0 unspecified atom stereocenters. The van der Waals surface area contributed by atoms with Crippen molar-refractivity contribution in [3.8, 4) is 0 Å².